The normalized spacial score (nSPS) is 17.7. The number of benzene rings is 1. The molecule has 2 aliphatic heterocycles. The number of imidazole rings is 1. The predicted octanol–water partition coefficient (Wildman–Crippen LogP) is 2.11. The van der Waals surface area contributed by atoms with Crippen molar-refractivity contribution in [1.82, 2.24) is 29.7 Å². The second-order valence-electron chi connectivity index (χ2n) is 8.42. The third-order valence-electron chi connectivity index (χ3n) is 6.13. The van der Waals surface area contributed by atoms with Gasteiger partial charge in [-0.25, -0.2) is 9.97 Å². The Balaban J connectivity index is 1.46. The van der Waals surface area contributed by atoms with Gasteiger partial charge in [0.05, 0.1) is 41.0 Å². The topological polar surface area (TPSA) is 88.4 Å². The number of carbonyl (C=O) groups is 1. The van der Waals surface area contributed by atoms with Crippen LogP contribution >= 0.6 is 11.3 Å². The first kappa shape index (κ1) is 20.5. The van der Waals surface area contributed by atoms with Crippen molar-refractivity contribution in [2.75, 3.05) is 50.8 Å². The number of aryl methyl sites for hydroxylation is 1. The van der Waals surface area contributed by atoms with Gasteiger partial charge in [-0.05, 0) is 25.1 Å². The van der Waals surface area contributed by atoms with E-state index in [9.17, 15) is 4.79 Å². The van der Waals surface area contributed by atoms with Crippen molar-refractivity contribution in [3.05, 3.63) is 41.0 Å². The van der Waals surface area contributed by atoms with Crippen LogP contribution in [0.15, 0.2) is 30.3 Å². The fourth-order valence-corrected chi connectivity index (χ4v) is 5.72. The van der Waals surface area contributed by atoms with Crippen LogP contribution in [0.5, 0.6) is 0 Å². The van der Waals surface area contributed by atoms with E-state index in [1.165, 1.54) is 4.88 Å². The molecule has 0 atom stereocenters. The van der Waals surface area contributed by atoms with E-state index in [0.717, 1.165) is 59.1 Å². The van der Waals surface area contributed by atoms with Gasteiger partial charge in [-0.1, -0.05) is 12.1 Å². The second kappa shape index (κ2) is 8.36. The van der Waals surface area contributed by atoms with Gasteiger partial charge in [0.2, 0.25) is 11.9 Å². The smallest absolute Gasteiger partial charge is 0.238 e. The maximum atomic E-state index is 11.8. The van der Waals surface area contributed by atoms with Gasteiger partial charge in [0.25, 0.3) is 0 Å². The van der Waals surface area contributed by atoms with Gasteiger partial charge in [-0.3, -0.25) is 14.3 Å². The van der Waals surface area contributed by atoms with Crippen LogP contribution in [-0.2, 0) is 16.1 Å². The third-order valence-corrected chi connectivity index (χ3v) is 7.23. The number of fused-ring (bicyclic) bond motifs is 2. The summed E-state index contributed by atoms with van der Waals surface area (Å²) in [6, 6.07) is 10.2. The number of thiophene rings is 1. The van der Waals surface area contributed by atoms with E-state index < -0.39 is 0 Å². The van der Waals surface area contributed by atoms with Gasteiger partial charge in [0.1, 0.15) is 5.82 Å². The van der Waals surface area contributed by atoms with Gasteiger partial charge in [-0.15, -0.1) is 11.3 Å². The maximum Gasteiger partial charge on any atom is 0.238 e. The Morgan fingerprint density at radius 2 is 1.94 bits per heavy atom. The van der Waals surface area contributed by atoms with Crippen LogP contribution < -0.4 is 10.2 Å². The van der Waals surface area contributed by atoms with Gasteiger partial charge < -0.3 is 15.0 Å². The van der Waals surface area contributed by atoms with E-state index >= 15 is 0 Å². The minimum absolute atomic E-state index is 0.0842. The molecule has 5 heterocycles. The number of amides is 1. The highest BCUT2D eigenvalue weighted by atomic mass is 32.1. The van der Waals surface area contributed by atoms with Gasteiger partial charge >= 0.3 is 0 Å². The average Bonchev–Trinajstić information content (AvgIpc) is 3.38. The predicted molar refractivity (Wildman–Crippen MR) is 128 cm³/mol. The van der Waals surface area contributed by atoms with Gasteiger partial charge in [0, 0.05) is 37.6 Å². The molecule has 6 rings (SSSR count). The molecule has 2 aliphatic rings. The molecule has 1 N–H and O–H groups in total. The van der Waals surface area contributed by atoms with Crippen LogP contribution in [0.3, 0.4) is 0 Å². The first-order valence-corrected chi connectivity index (χ1v) is 12.0. The number of ether oxygens (including phenoxy) is 1. The van der Waals surface area contributed by atoms with Crippen LogP contribution in [0.4, 0.5) is 5.82 Å². The molecule has 0 unspecified atom stereocenters. The lowest BCUT2D eigenvalue weighted by Crippen LogP contribution is -2.46. The second-order valence-corrected chi connectivity index (χ2v) is 9.55. The zero-order valence-corrected chi connectivity index (χ0v) is 19.3. The van der Waals surface area contributed by atoms with E-state index in [1.807, 2.05) is 29.7 Å². The Morgan fingerprint density at radius 3 is 2.79 bits per heavy atom. The molecule has 33 heavy (non-hydrogen) atoms. The molecule has 3 aromatic heterocycles. The third kappa shape index (κ3) is 3.84. The Kier molecular flexibility index (Phi) is 5.20. The number of hydrogen-bond acceptors (Lipinski definition) is 8. The summed E-state index contributed by atoms with van der Waals surface area (Å²) in [6.45, 7) is 7.68. The molecule has 1 aromatic carbocycles. The molecule has 0 bridgehead atoms. The summed E-state index contributed by atoms with van der Waals surface area (Å²) in [7, 11) is 0. The molecular formula is C23H25N7O2S. The quantitative estimate of drug-likeness (QED) is 0.496. The summed E-state index contributed by atoms with van der Waals surface area (Å²) in [5.41, 5.74) is 2.86. The maximum absolute atomic E-state index is 11.8. The Morgan fingerprint density at radius 1 is 1.09 bits per heavy atom. The summed E-state index contributed by atoms with van der Waals surface area (Å²) in [6.07, 6.45) is 0. The highest BCUT2D eigenvalue weighted by molar-refractivity contribution is 7.19. The van der Waals surface area contributed by atoms with E-state index in [0.29, 0.717) is 32.3 Å². The molecule has 0 radical (unpaired) electrons. The first-order valence-electron chi connectivity index (χ1n) is 11.2. The SMILES string of the molecule is Cc1nc2ccccc2n1-c1nc(N2CCOCC2)c2sc(CN3CCNC(=O)C3)cc2n1. The number of hydrogen-bond donors (Lipinski definition) is 1. The minimum atomic E-state index is 0.0842. The fraction of sp³-hybridized carbons (Fsp3) is 0.391. The monoisotopic (exact) mass is 463 g/mol. The number of piperazine rings is 1. The molecule has 9 nitrogen and oxygen atoms in total. The number of carbonyl (C=O) groups excluding carboxylic acids is 1. The lowest BCUT2D eigenvalue weighted by atomic mass is 10.3. The molecule has 10 heteroatoms. The highest BCUT2D eigenvalue weighted by Gasteiger charge is 2.23. The van der Waals surface area contributed by atoms with Crippen molar-refractivity contribution in [2.24, 2.45) is 0 Å². The van der Waals surface area contributed by atoms with E-state index in [4.69, 9.17) is 19.7 Å². The molecule has 4 aromatic rings. The molecule has 1 amide bonds. The molecule has 2 saturated heterocycles. The molecule has 0 aliphatic carbocycles. The number of nitrogens with zero attached hydrogens (tertiary/aromatic N) is 6. The zero-order valence-electron chi connectivity index (χ0n) is 18.5. The Labute approximate surface area is 195 Å². The van der Waals surface area contributed by atoms with Crippen molar-refractivity contribution in [3.63, 3.8) is 0 Å². The number of rotatable bonds is 4. The lowest BCUT2D eigenvalue weighted by Gasteiger charge is -2.28. The van der Waals surface area contributed by atoms with Crippen LogP contribution in [-0.4, -0.2) is 76.3 Å². The van der Waals surface area contributed by atoms with Crippen molar-refractivity contribution in [3.8, 4) is 5.95 Å². The fourth-order valence-electron chi connectivity index (χ4n) is 4.57. The Hall–Kier alpha value is -3.08. The number of nitrogens with one attached hydrogen (secondary N) is 1. The zero-order chi connectivity index (χ0) is 22.4. The van der Waals surface area contributed by atoms with Crippen LogP contribution in [0.25, 0.3) is 27.2 Å². The van der Waals surface area contributed by atoms with Crippen LogP contribution in [0.1, 0.15) is 10.7 Å². The van der Waals surface area contributed by atoms with Crippen LogP contribution in [0, 0.1) is 6.92 Å². The molecular weight excluding hydrogens is 438 g/mol. The number of anilines is 1. The summed E-state index contributed by atoms with van der Waals surface area (Å²) in [5, 5.41) is 2.89. The summed E-state index contributed by atoms with van der Waals surface area (Å²) in [4.78, 5) is 32.2. The van der Waals surface area contributed by atoms with Crippen molar-refractivity contribution < 1.29 is 9.53 Å². The number of morpholine rings is 1. The van der Waals surface area contributed by atoms with E-state index in [2.05, 4.69) is 27.2 Å². The van der Waals surface area contributed by atoms with Crippen LogP contribution in [0.2, 0.25) is 0 Å². The van der Waals surface area contributed by atoms with E-state index in [1.54, 1.807) is 11.3 Å². The molecule has 2 fully saturated rings. The van der Waals surface area contributed by atoms with E-state index in [-0.39, 0.29) is 5.91 Å². The highest BCUT2D eigenvalue weighted by Crippen LogP contribution is 2.34. The largest absolute Gasteiger partial charge is 0.378 e. The Bertz CT molecular complexity index is 1340. The minimum Gasteiger partial charge on any atom is -0.378 e. The van der Waals surface area contributed by atoms with Crippen molar-refractivity contribution in [1.29, 1.82) is 0 Å². The first-order chi connectivity index (χ1) is 16.2. The number of para-hydroxylation sites is 2. The van der Waals surface area contributed by atoms with Crippen molar-refractivity contribution >= 4 is 44.3 Å². The van der Waals surface area contributed by atoms with Crippen molar-refractivity contribution in [2.45, 2.75) is 13.5 Å². The summed E-state index contributed by atoms with van der Waals surface area (Å²) in [5.74, 6) is 2.53. The summed E-state index contributed by atoms with van der Waals surface area (Å²) < 4.78 is 8.70. The molecule has 0 saturated carbocycles. The summed E-state index contributed by atoms with van der Waals surface area (Å²) >= 11 is 1.72. The standard InChI is InChI=1S/C23H25N7O2S/c1-15-25-17-4-2-3-5-19(17)30(15)23-26-18-12-16(13-28-7-6-24-20(31)14-28)33-21(18)22(27-23)29-8-10-32-11-9-29/h2-5,12H,6-11,13-14H2,1H3,(H,24,31). The molecule has 170 valence electrons. The lowest BCUT2D eigenvalue weighted by molar-refractivity contribution is -0.124. The molecule has 0 spiro atoms. The average molecular weight is 464 g/mol. The van der Waals surface area contributed by atoms with Gasteiger partial charge in [-0.2, -0.15) is 4.98 Å². The number of aromatic nitrogens is 4. The van der Waals surface area contributed by atoms with Gasteiger partial charge in [0.15, 0.2) is 5.82 Å².